The number of hydrogen-bond donors (Lipinski definition) is 1. The summed E-state index contributed by atoms with van der Waals surface area (Å²) in [6, 6.07) is 0. The topological polar surface area (TPSA) is 108 Å². The standard InChI is InChI=1S/C94H164NO8P/c1-6-8-10-12-14-16-18-20-22-24-26-28-30-32-34-36-38-40-42-44-46-47-49-51-53-55-57-59-61-63-65-67-69-71-73-75-77-79-81-83-85-87-94(97)103-92(91-102-104(98,99)101-89-88-95(3,4)5)90-100-93(96)86-84-82-80-78-76-74-72-70-68-66-64-62-60-58-56-54-52-50-48-45-43-41-39-37-35-33-31-29-27-25-23-21-19-17-15-13-11-9-7-2/h8-11,14-17,20-23,26-29,32-35,38-41,92H,6-7,12-13,18-19,24-25,30-31,36-37,42-91H2,1-5H3/p+1/b10-8-,11-9-,16-14-,17-15-,22-20-,23-21-,28-26-,29-27-,34-32-,35-33-,40-38-,41-39-. The number of phosphoric ester groups is 1. The maximum Gasteiger partial charge on any atom is 0.472 e. The van der Waals surface area contributed by atoms with E-state index in [-0.39, 0.29) is 32.0 Å². The van der Waals surface area contributed by atoms with E-state index in [9.17, 15) is 19.0 Å². The van der Waals surface area contributed by atoms with Crippen molar-refractivity contribution in [3.8, 4) is 0 Å². The van der Waals surface area contributed by atoms with Crippen molar-refractivity contribution in [1.29, 1.82) is 0 Å². The molecule has 0 aliphatic carbocycles. The second-order valence-corrected chi connectivity index (χ2v) is 31.6. The minimum Gasteiger partial charge on any atom is -0.462 e. The number of nitrogens with zero attached hydrogens (tertiary/aromatic N) is 1. The first-order valence-electron chi connectivity index (χ1n) is 43.6. The molecule has 0 saturated heterocycles. The zero-order chi connectivity index (χ0) is 75.4. The van der Waals surface area contributed by atoms with Gasteiger partial charge in [0.05, 0.1) is 27.7 Å². The van der Waals surface area contributed by atoms with E-state index in [4.69, 9.17) is 18.5 Å². The molecule has 0 amide bonds. The molecule has 0 saturated carbocycles. The van der Waals surface area contributed by atoms with E-state index < -0.39 is 26.5 Å². The molecule has 0 aromatic rings. The third-order valence-corrected chi connectivity index (χ3v) is 19.8. The van der Waals surface area contributed by atoms with Gasteiger partial charge in [0, 0.05) is 12.8 Å². The van der Waals surface area contributed by atoms with Crippen LogP contribution in [0.5, 0.6) is 0 Å². The molecular weight excluding hydrogens is 1300 g/mol. The molecule has 9 nitrogen and oxygen atoms in total. The fourth-order valence-electron chi connectivity index (χ4n) is 12.3. The SMILES string of the molecule is CC/C=C\C/C=C\C/C=C\C/C=C\C/C=C\C/C=C\CCCCCCCCCCCCCCCCCCCCCCCCC(=O)OC(COC(=O)CCCCCCCCCCCCCCCCCCCCCC/C=C\C/C=C\C/C=C\C/C=C\C/C=C\C/C=C\CC)COP(=O)(O)OCC[N+](C)(C)C. The first-order chi connectivity index (χ1) is 51.0. The number of allylic oxidation sites excluding steroid dienone is 24. The fraction of sp³-hybridized carbons (Fsp3) is 0.723. The summed E-state index contributed by atoms with van der Waals surface area (Å²) in [5, 5.41) is 0. The molecular formula is C94H165NO8P+. The lowest BCUT2D eigenvalue weighted by atomic mass is 10.0. The first-order valence-corrected chi connectivity index (χ1v) is 45.1. The summed E-state index contributed by atoms with van der Waals surface area (Å²) in [7, 11) is 1.49. The van der Waals surface area contributed by atoms with Gasteiger partial charge in [0.1, 0.15) is 19.8 Å². The average molecular weight is 1470 g/mol. The Labute approximate surface area is 643 Å². The zero-order valence-corrected chi connectivity index (χ0v) is 69.4. The van der Waals surface area contributed by atoms with Crippen LogP contribution in [0.25, 0.3) is 0 Å². The van der Waals surface area contributed by atoms with Gasteiger partial charge in [-0.3, -0.25) is 18.6 Å². The normalized spacial score (nSPS) is 13.7. The number of quaternary nitrogens is 1. The van der Waals surface area contributed by atoms with Crippen molar-refractivity contribution in [3.63, 3.8) is 0 Å². The highest BCUT2D eigenvalue weighted by Gasteiger charge is 2.27. The fourth-order valence-corrected chi connectivity index (χ4v) is 13.1. The Kier molecular flexibility index (Phi) is 79.7. The highest BCUT2D eigenvalue weighted by atomic mass is 31.2. The molecule has 0 spiro atoms. The van der Waals surface area contributed by atoms with E-state index in [1.165, 1.54) is 244 Å². The Morgan fingerprint density at radius 1 is 0.298 bits per heavy atom. The van der Waals surface area contributed by atoms with E-state index in [2.05, 4.69) is 160 Å². The molecule has 0 radical (unpaired) electrons. The minimum atomic E-state index is -4.40. The second kappa shape index (κ2) is 82.9. The van der Waals surface area contributed by atoms with Crippen LogP contribution in [0.15, 0.2) is 146 Å². The van der Waals surface area contributed by atoms with Crippen molar-refractivity contribution in [3.05, 3.63) is 146 Å². The van der Waals surface area contributed by atoms with Gasteiger partial charge in [-0.15, -0.1) is 0 Å². The molecule has 0 bridgehead atoms. The Hall–Kier alpha value is -4.11. The van der Waals surface area contributed by atoms with Crippen LogP contribution >= 0.6 is 7.82 Å². The Balaban J connectivity index is 3.90. The van der Waals surface area contributed by atoms with Crippen molar-refractivity contribution in [2.24, 2.45) is 0 Å². The quantitative estimate of drug-likeness (QED) is 0.0211. The second-order valence-electron chi connectivity index (χ2n) is 30.2. The molecule has 104 heavy (non-hydrogen) atoms. The lowest BCUT2D eigenvalue weighted by Gasteiger charge is -2.24. The maximum absolute atomic E-state index is 12.9. The van der Waals surface area contributed by atoms with Crippen LogP contribution < -0.4 is 0 Å². The number of ether oxygens (including phenoxy) is 2. The van der Waals surface area contributed by atoms with Crippen LogP contribution in [-0.4, -0.2) is 74.9 Å². The van der Waals surface area contributed by atoms with Crippen LogP contribution in [0.1, 0.15) is 386 Å². The number of rotatable bonds is 80. The van der Waals surface area contributed by atoms with Crippen LogP contribution in [0, 0.1) is 0 Å². The van der Waals surface area contributed by atoms with E-state index in [0.29, 0.717) is 17.4 Å². The molecule has 0 aromatic heterocycles. The smallest absolute Gasteiger partial charge is 0.462 e. The van der Waals surface area contributed by atoms with E-state index in [0.717, 1.165) is 109 Å². The molecule has 598 valence electrons. The third kappa shape index (κ3) is 86.8. The molecule has 2 atom stereocenters. The highest BCUT2D eigenvalue weighted by Crippen LogP contribution is 2.43. The third-order valence-electron chi connectivity index (χ3n) is 18.9. The maximum atomic E-state index is 12.9. The van der Waals surface area contributed by atoms with Gasteiger partial charge in [-0.2, -0.15) is 0 Å². The lowest BCUT2D eigenvalue weighted by Crippen LogP contribution is -2.37. The predicted molar refractivity (Wildman–Crippen MR) is 454 cm³/mol. The molecule has 0 aromatic carbocycles. The van der Waals surface area contributed by atoms with E-state index >= 15 is 0 Å². The van der Waals surface area contributed by atoms with Crippen molar-refractivity contribution in [2.75, 3.05) is 47.5 Å². The summed E-state index contributed by atoms with van der Waals surface area (Å²) in [6.45, 7) is 4.25. The highest BCUT2D eigenvalue weighted by molar-refractivity contribution is 7.47. The summed E-state index contributed by atoms with van der Waals surface area (Å²) in [5.74, 6) is -0.781. The molecule has 0 fully saturated rings. The number of esters is 2. The largest absolute Gasteiger partial charge is 0.472 e. The van der Waals surface area contributed by atoms with Crippen molar-refractivity contribution < 1.29 is 42.1 Å². The summed E-state index contributed by atoms with van der Waals surface area (Å²) < 4.78 is 34.9. The average Bonchev–Trinajstić information content (AvgIpc) is 0.920. The number of carbonyl (C=O) groups excluding carboxylic acids is 2. The zero-order valence-electron chi connectivity index (χ0n) is 68.5. The molecule has 2 unspecified atom stereocenters. The lowest BCUT2D eigenvalue weighted by molar-refractivity contribution is -0.870. The van der Waals surface area contributed by atoms with Crippen molar-refractivity contribution in [1.82, 2.24) is 0 Å². The van der Waals surface area contributed by atoms with E-state index in [1.807, 2.05) is 21.1 Å². The minimum absolute atomic E-state index is 0.0303. The molecule has 0 heterocycles. The molecule has 1 N–H and O–H groups in total. The van der Waals surface area contributed by atoms with Crippen molar-refractivity contribution in [2.45, 2.75) is 392 Å². The summed E-state index contributed by atoms with van der Waals surface area (Å²) in [5.41, 5.74) is 0. The van der Waals surface area contributed by atoms with Gasteiger partial charge >= 0.3 is 19.8 Å². The van der Waals surface area contributed by atoms with Gasteiger partial charge in [0.15, 0.2) is 6.10 Å². The predicted octanol–water partition coefficient (Wildman–Crippen LogP) is 29.6. The molecule has 0 aliphatic rings. The van der Waals surface area contributed by atoms with Crippen molar-refractivity contribution >= 4 is 19.8 Å². The summed E-state index contributed by atoms with van der Waals surface area (Å²) >= 11 is 0. The van der Waals surface area contributed by atoms with Gasteiger partial charge in [-0.25, -0.2) is 4.57 Å². The Bertz CT molecular complexity index is 2280. The van der Waals surface area contributed by atoms with Gasteiger partial charge in [-0.1, -0.05) is 404 Å². The number of carbonyl (C=O) groups is 2. The monoisotopic (exact) mass is 1470 g/mol. The van der Waals surface area contributed by atoms with Gasteiger partial charge in [0.25, 0.3) is 0 Å². The number of phosphoric acid groups is 1. The Morgan fingerprint density at radius 3 is 0.769 bits per heavy atom. The molecule has 0 rings (SSSR count). The van der Waals surface area contributed by atoms with Crippen LogP contribution in [0.2, 0.25) is 0 Å². The van der Waals surface area contributed by atoms with Gasteiger partial charge < -0.3 is 18.9 Å². The Morgan fingerprint density at radius 2 is 0.519 bits per heavy atom. The van der Waals surface area contributed by atoms with Crippen LogP contribution in [-0.2, 0) is 32.7 Å². The molecule has 0 aliphatic heterocycles. The van der Waals surface area contributed by atoms with E-state index in [1.54, 1.807) is 0 Å². The summed E-state index contributed by atoms with van der Waals surface area (Å²) in [6.07, 6.45) is 123. The van der Waals surface area contributed by atoms with Crippen LogP contribution in [0.4, 0.5) is 0 Å². The van der Waals surface area contributed by atoms with Crippen LogP contribution in [0.3, 0.4) is 0 Å². The number of unbranched alkanes of at least 4 members (excludes halogenated alkanes) is 42. The first kappa shape index (κ1) is 99.9. The molecule has 10 heteroatoms. The summed E-state index contributed by atoms with van der Waals surface area (Å²) in [4.78, 5) is 36.1. The number of likely N-dealkylation sites (N-methyl/N-ethyl adjacent to an activating group) is 1. The van der Waals surface area contributed by atoms with Gasteiger partial charge in [-0.05, 0) is 116 Å². The number of hydrogen-bond acceptors (Lipinski definition) is 7. The van der Waals surface area contributed by atoms with Gasteiger partial charge in [0.2, 0.25) is 0 Å².